The number of carbonyl (C=O) groups excluding carboxylic acids is 3. The third kappa shape index (κ3) is 5.46. The Labute approximate surface area is 232 Å². The number of benzene rings is 3. The van der Waals surface area contributed by atoms with Crippen LogP contribution in [0.25, 0.3) is 11.0 Å². The zero-order valence-electron chi connectivity index (χ0n) is 22.7. The number of nitrogens with two attached hydrogens (primary N) is 1. The second-order valence-corrected chi connectivity index (χ2v) is 10.1. The molecule has 2 heterocycles. The zero-order chi connectivity index (χ0) is 28.2. The second-order valence-electron chi connectivity index (χ2n) is 10.1. The molecule has 9 nitrogen and oxygen atoms in total. The van der Waals surface area contributed by atoms with Crippen LogP contribution in [0, 0.1) is 5.92 Å². The van der Waals surface area contributed by atoms with Crippen molar-refractivity contribution in [3.8, 4) is 0 Å². The van der Waals surface area contributed by atoms with E-state index in [0.29, 0.717) is 53.2 Å². The first-order valence-corrected chi connectivity index (χ1v) is 13.5. The number of hydrogen-bond acceptors (Lipinski definition) is 7. The predicted octanol–water partition coefficient (Wildman–Crippen LogP) is 4.57. The molecule has 0 radical (unpaired) electrons. The van der Waals surface area contributed by atoms with Gasteiger partial charge < -0.3 is 25.4 Å². The van der Waals surface area contributed by atoms with Gasteiger partial charge in [-0.3, -0.25) is 14.4 Å². The summed E-state index contributed by atoms with van der Waals surface area (Å²) >= 11 is 0. The fourth-order valence-electron chi connectivity index (χ4n) is 5.11. The van der Waals surface area contributed by atoms with Crippen LogP contribution in [0.3, 0.4) is 0 Å². The van der Waals surface area contributed by atoms with E-state index in [2.05, 4.69) is 10.5 Å². The summed E-state index contributed by atoms with van der Waals surface area (Å²) in [5.41, 5.74) is 9.42. The Morgan fingerprint density at radius 3 is 2.50 bits per heavy atom. The molecule has 9 heteroatoms. The van der Waals surface area contributed by atoms with E-state index in [4.69, 9.17) is 10.3 Å². The average molecular weight is 540 g/mol. The van der Waals surface area contributed by atoms with Gasteiger partial charge in [-0.05, 0) is 75.3 Å². The first kappa shape index (κ1) is 27.1. The fourth-order valence-corrected chi connectivity index (χ4v) is 5.11. The highest BCUT2D eigenvalue weighted by Crippen LogP contribution is 2.37. The van der Waals surface area contributed by atoms with Crippen molar-refractivity contribution in [3.05, 3.63) is 84.1 Å². The number of ketones is 1. The maximum atomic E-state index is 14.2. The van der Waals surface area contributed by atoms with Crippen LogP contribution in [0.5, 0.6) is 0 Å². The van der Waals surface area contributed by atoms with E-state index in [1.54, 1.807) is 41.1 Å². The zero-order valence-corrected chi connectivity index (χ0v) is 22.7. The Morgan fingerprint density at radius 1 is 1.05 bits per heavy atom. The molecule has 0 saturated carbocycles. The number of aromatic nitrogens is 1. The number of para-hydroxylation sites is 3. The van der Waals surface area contributed by atoms with E-state index >= 15 is 0 Å². The third-order valence-electron chi connectivity index (χ3n) is 7.54. The van der Waals surface area contributed by atoms with Crippen LogP contribution in [0.2, 0.25) is 0 Å². The van der Waals surface area contributed by atoms with Gasteiger partial charge in [-0.15, -0.1) is 0 Å². The van der Waals surface area contributed by atoms with Gasteiger partial charge in [-0.1, -0.05) is 29.4 Å². The smallest absolute Gasteiger partial charge is 0.258 e. The first-order valence-electron chi connectivity index (χ1n) is 13.5. The van der Waals surface area contributed by atoms with Crippen LogP contribution >= 0.6 is 0 Å². The number of fused-ring (bicyclic) bond motifs is 2. The lowest BCUT2D eigenvalue weighted by molar-refractivity contribution is -0.123. The lowest BCUT2D eigenvalue weighted by atomic mass is 9.97. The normalized spacial score (nSPS) is 16.1. The van der Waals surface area contributed by atoms with E-state index in [0.717, 1.165) is 5.39 Å². The molecule has 1 aromatic heterocycles. The summed E-state index contributed by atoms with van der Waals surface area (Å²) in [7, 11) is 1.75. The lowest BCUT2D eigenvalue weighted by Crippen LogP contribution is -2.40. The van der Waals surface area contributed by atoms with E-state index in [1.807, 2.05) is 55.5 Å². The number of anilines is 3. The van der Waals surface area contributed by atoms with E-state index in [1.165, 1.54) is 0 Å². The predicted molar refractivity (Wildman–Crippen MR) is 155 cm³/mol. The van der Waals surface area contributed by atoms with Gasteiger partial charge in [0.25, 0.3) is 5.91 Å². The number of nitrogen functional groups attached to an aromatic ring is 1. The molecule has 0 unspecified atom stereocenters. The highest BCUT2D eigenvalue weighted by molar-refractivity contribution is 6.11. The van der Waals surface area contributed by atoms with Gasteiger partial charge in [0, 0.05) is 29.6 Å². The molecule has 1 aliphatic rings. The molecule has 0 bridgehead atoms. The monoisotopic (exact) mass is 539 g/mol. The van der Waals surface area contributed by atoms with Crippen LogP contribution in [0.1, 0.15) is 42.2 Å². The summed E-state index contributed by atoms with van der Waals surface area (Å²) in [6.45, 7) is 2.20. The number of carbonyl (C=O) groups is 3. The second kappa shape index (κ2) is 11.7. The standard InChI is InChI=1S/C31H33N5O4/c1-20(33-2)28(37)12-7-8-22-18-35(30(38)21-14-16-23(32)17-15-21)26-10-4-5-11-27(26)36(31(22)39)19-25-24-9-3-6-13-29(24)40-34-25/h3-6,9-11,13-17,20,22,33H,7-8,12,18-19,32H2,1-2H3/t20-,22-/m0/s1. The molecule has 0 saturated heterocycles. The summed E-state index contributed by atoms with van der Waals surface area (Å²) in [4.78, 5) is 43.9. The van der Waals surface area contributed by atoms with Gasteiger partial charge >= 0.3 is 0 Å². The SMILES string of the molecule is CN[C@@H](C)C(=O)CCC[C@H]1CN(C(=O)c2ccc(N)cc2)c2ccccc2N(Cc2noc3ccccc23)C1=O. The van der Waals surface area contributed by atoms with Crippen molar-refractivity contribution in [1.29, 1.82) is 0 Å². The van der Waals surface area contributed by atoms with Crippen molar-refractivity contribution in [2.75, 3.05) is 29.1 Å². The number of nitrogens with one attached hydrogen (secondary N) is 1. The molecular weight excluding hydrogens is 506 g/mol. The molecule has 0 aliphatic carbocycles. The van der Waals surface area contributed by atoms with E-state index in [-0.39, 0.29) is 36.7 Å². The van der Waals surface area contributed by atoms with Crippen LogP contribution in [0.4, 0.5) is 17.1 Å². The molecule has 0 fully saturated rings. The van der Waals surface area contributed by atoms with Crippen molar-refractivity contribution < 1.29 is 18.9 Å². The largest absolute Gasteiger partial charge is 0.399 e. The summed E-state index contributed by atoms with van der Waals surface area (Å²) in [6.07, 6.45) is 1.33. The summed E-state index contributed by atoms with van der Waals surface area (Å²) in [6, 6.07) is 21.4. The molecule has 3 aromatic carbocycles. The Morgan fingerprint density at radius 2 is 1.75 bits per heavy atom. The summed E-state index contributed by atoms with van der Waals surface area (Å²) in [5.74, 6) is -0.784. The molecule has 5 rings (SSSR count). The number of likely N-dealkylation sites (N-methyl/N-ethyl adjacent to an activating group) is 1. The van der Waals surface area contributed by atoms with Crippen molar-refractivity contribution in [1.82, 2.24) is 10.5 Å². The van der Waals surface area contributed by atoms with Crippen LogP contribution < -0.4 is 20.9 Å². The van der Waals surface area contributed by atoms with Gasteiger partial charge in [-0.25, -0.2) is 0 Å². The minimum atomic E-state index is -0.527. The third-order valence-corrected chi connectivity index (χ3v) is 7.54. The molecule has 4 aromatic rings. The van der Waals surface area contributed by atoms with Crippen LogP contribution in [-0.4, -0.2) is 42.4 Å². The molecule has 40 heavy (non-hydrogen) atoms. The van der Waals surface area contributed by atoms with E-state index < -0.39 is 5.92 Å². The van der Waals surface area contributed by atoms with Gasteiger partial charge in [-0.2, -0.15) is 0 Å². The molecule has 3 N–H and O–H groups in total. The van der Waals surface area contributed by atoms with Gasteiger partial charge in [0.1, 0.15) is 11.5 Å². The molecule has 1 aliphatic heterocycles. The molecule has 2 atom stereocenters. The Bertz CT molecular complexity index is 1530. The van der Waals surface area contributed by atoms with Gasteiger partial charge in [0.15, 0.2) is 5.58 Å². The van der Waals surface area contributed by atoms with E-state index in [9.17, 15) is 14.4 Å². The molecule has 206 valence electrons. The Kier molecular flexibility index (Phi) is 7.93. The fraction of sp³-hybridized carbons (Fsp3) is 0.290. The number of hydrogen-bond donors (Lipinski definition) is 2. The number of amides is 2. The number of Topliss-reactive ketones (excluding diaryl/α,β-unsaturated/α-hetero) is 1. The van der Waals surface area contributed by atoms with Crippen molar-refractivity contribution in [2.24, 2.45) is 5.92 Å². The maximum Gasteiger partial charge on any atom is 0.258 e. The molecule has 0 spiro atoms. The van der Waals surface area contributed by atoms with Crippen molar-refractivity contribution in [2.45, 2.75) is 38.8 Å². The van der Waals surface area contributed by atoms with Crippen molar-refractivity contribution >= 4 is 45.6 Å². The van der Waals surface area contributed by atoms with Crippen LogP contribution in [-0.2, 0) is 16.1 Å². The number of rotatable bonds is 9. The topological polar surface area (TPSA) is 122 Å². The number of nitrogens with zero attached hydrogens (tertiary/aromatic N) is 3. The van der Waals surface area contributed by atoms with Gasteiger partial charge in [0.05, 0.1) is 29.9 Å². The minimum Gasteiger partial charge on any atom is -0.399 e. The minimum absolute atomic E-state index is 0.0904. The van der Waals surface area contributed by atoms with Gasteiger partial charge in [0.2, 0.25) is 5.91 Å². The molecular formula is C31H33N5O4. The summed E-state index contributed by atoms with van der Waals surface area (Å²) in [5, 5.41) is 8.06. The van der Waals surface area contributed by atoms with Crippen LogP contribution in [0.15, 0.2) is 77.3 Å². The quantitative estimate of drug-likeness (QED) is 0.299. The average Bonchev–Trinajstić information content (AvgIpc) is 3.35. The Hall–Kier alpha value is -4.50. The highest BCUT2D eigenvalue weighted by atomic mass is 16.5. The Balaban J connectivity index is 1.52. The van der Waals surface area contributed by atoms with Crippen molar-refractivity contribution in [3.63, 3.8) is 0 Å². The lowest BCUT2D eigenvalue weighted by Gasteiger charge is -2.25. The maximum absolute atomic E-state index is 14.2. The summed E-state index contributed by atoms with van der Waals surface area (Å²) < 4.78 is 5.52. The first-order chi connectivity index (χ1) is 19.4. The molecule has 2 amide bonds. The highest BCUT2D eigenvalue weighted by Gasteiger charge is 2.36.